The summed E-state index contributed by atoms with van der Waals surface area (Å²) < 4.78 is 0. The second kappa shape index (κ2) is 6.46. The molecule has 1 N–H and O–H groups in total. The molecule has 0 saturated heterocycles. The summed E-state index contributed by atoms with van der Waals surface area (Å²) in [6, 6.07) is 8.45. The molecular weight excluding hydrogens is 228 g/mol. The van der Waals surface area contributed by atoms with Crippen LogP contribution >= 0.6 is 11.8 Å². The van der Waals surface area contributed by atoms with Crippen molar-refractivity contribution in [3.63, 3.8) is 0 Å². The number of hydrogen-bond donors (Lipinski definition) is 1. The molecule has 1 aliphatic rings. The van der Waals surface area contributed by atoms with Crippen molar-refractivity contribution in [3.8, 4) is 0 Å². The minimum Gasteiger partial charge on any atom is -0.388 e. The number of thioether (sulfide) groups is 1. The van der Waals surface area contributed by atoms with E-state index in [2.05, 4.69) is 25.1 Å². The SMILES string of the molecule is CCCSCC(O)c1ccccc1C1CCC1. The van der Waals surface area contributed by atoms with Gasteiger partial charge in [0.05, 0.1) is 6.10 Å². The number of rotatable bonds is 6. The normalized spacial score (nSPS) is 17.8. The van der Waals surface area contributed by atoms with Crippen LogP contribution in [0.15, 0.2) is 24.3 Å². The fourth-order valence-corrected chi connectivity index (χ4v) is 3.19. The van der Waals surface area contributed by atoms with Gasteiger partial charge in [-0.1, -0.05) is 37.6 Å². The summed E-state index contributed by atoms with van der Waals surface area (Å²) in [4.78, 5) is 0. The third kappa shape index (κ3) is 3.26. The van der Waals surface area contributed by atoms with E-state index in [-0.39, 0.29) is 6.10 Å². The van der Waals surface area contributed by atoms with E-state index in [4.69, 9.17) is 0 Å². The molecule has 0 aliphatic heterocycles. The fourth-order valence-electron chi connectivity index (χ4n) is 2.33. The molecular formula is C15H22OS. The third-order valence-electron chi connectivity index (χ3n) is 3.52. The Morgan fingerprint density at radius 1 is 1.35 bits per heavy atom. The second-order valence-corrected chi connectivity index (χ2v) is 6.00. The molecule has 0 heterocycles. The highest BCUT2D eigenvalue weighted by Crippen LogP contribution is 2.39. The first-order chi connectivity index (χ1) is 8.33. The van der Waals surface area contributed by atoms with Crippen molar-refractivity contribution in [2.24, 2.45) is 0 Å². The molecule has 1 fully saturated rings. The third-order valence-corrected chi connectivity index (χ3v) is 4.77. The highest BCUT2D eigenvalue weighted by Gasteiger charge is 2.23. The smallest absolute Gasteiger partial charge is 0.0883 e. The lowest BCUT2D eigenvalue weighted by Gasteiger charge is -2.29. The van der Waals surface area contributed by atoms with E-state index in [9.17, 15) is 5.11 Å². The van der Waals surface area contributed by atoms with Gasteiger partial charge in [0.25, 0.3) is 0 Å². The molecule has 17 heavy (non-hydrogen) atoms. The summed E-state index contributed by atoms with van der Waals surface area (Å²) in [5, 5.41) is 10.3. The summed E-state index contributed by atoms with van der Waals surface area (Å²) >= 11 is 1.85. The van der Waals surface area contributed by atoms with Crippen molar-refractivity contribution in [2.45, 2.75) is 44.6 Å². The number of benzene rings is 1. The molecule has 0 aromatic heterocycles. The van der Waals surface area contributed by atoms with Gasteiger partial charge in [-0.15, -0.1) is 0 Å². The standard InChI is InChI=1S/C15H22OS/c1-2-10-17-11-15(16)14-9-4-3-8-13(14)12-6-5-7-12/h3-4,8-9,12,15-16H,2,5-7,10-11H2,1H3. The molecule has 2 heteroatoms. The molecule has 2 rings (SSSR count). The quantitative estimate of drug-likeness (QED) is 0.766. The maximum Gasteiger partial charge on any atom is 0.0883 e. The molecule has 1 aromatic rings. The maximum absolute atomic E-state index is 10.3. The van der Waals surface area contributed by atoms with Gasteiger partial charge >= 0.3 is 0 Å². The summed E-state index contributed by atoms with van der Waals surface area (Å²) in [5.74, 6) is 2.68. The Morgan fingerprint density at radius 3 is 2.76 bits per heavy atom. The van der Waals surface area contributed by atoms with E-state index in [1.54, 1.807) is 0 Å². The average molecular weight is 250 g/mol. The Morgan fingerprint density at radius 2 is 2.12 bits per heavy atom. The zero-order valence-electron chi connectivity index (χ0n) is 10.6. The molecule has 1 nitrogen and oxygen atoms in total. The van der Waals surface area contributed by atoms with Crippen LogP contribution in [0.1, 0.15) is 55.8 Å². The monoisotopic (exact) mass is 250 g/mol. The van der Waals surface area contributed by atoms with Crippen molar-refractivity contribution in [2.75, 3.05) is 11.5 Å². The molecule has 1 saturated carbocycles. The van der Waals surface area contributed by atoms with Crippen molar-refractivity contribution in [1.29, 1.82) is 0 Å². The van der Waals surface area contributed by atoms with Crippen molar-refractivity contribution in [1.82, 2.24) is 0 Å². The number of aliphatic hydroxyl groups is 1. The van der Waals surface area contributed by atoms with Crippen molar-refractivity contribution < 1.29 is 5.11 Å². The minimum absolute atomic E-state index is 0.289. The van der Waals surface area contributed by atoms with E-state index >= 15 is 0 Å². The van der Waals surface area contributed by atoms with Gasteiger partial charge in [0.2, 0.25) is 0 Å². The van der Waals surface area contributed by atoms with Gasteiger partial charge in [0, 0.05) is 5.75 Å². The number of aliphatic hydroxyl groups excluding tert-OH is 1. The fraction of sp³-hybridized carbons (Fsp3) is 0.600. The van der Waals surface area contributed by atoms with Crippen LogP contribution in [-0.2, 0) is 0 Å². The Balaban J connectivity index is 2.02. The largest absolute Gasteiger partial charge is 0.388 e. The second-order valence-electron chi connectivity index (χ2n) is 4.85. The zero-order chi connectivity index (χ0) is 12.1. The van der Waals surface area contributed by atoms with Gasteiger partial charge in [0.1, 0.15) is 0 Å². The Kier molecular flexibility index (Phi) is 4.93. The summed E-state index contributed by atoms with van der Waals surface area (Å²) in [6.45, 7) is 2.18. The lowest BCUT2D eigenvalue weighted by atomic mass is 9.77. The van der Waals surface area contributed by atoms with E-state index < -0.39 is 0 Å². The lowest BCUT2D eigenvalue weighted by Crippen LogP contribution is -2.14. The maximum atomic E-state index is 10.3. The highest BCUT2D eigenvalue weighted by molar-refractivity contribution is 7.99. The van der Waals surface area contributed by atoms with Gasteiger partial charge in [0.15, 0.2) is 0 Å². The van der Waals surface area contributed by atoms with E-state index in [1.165, 1.54) is 36.8 Å². The molecule has 0 spiro atoms. The molecule has 0 amide bonds. The van der Waals surface area contributed by atoms with E-state index in [1.807, 2.05) is 17.8 Å². The van der Waals surface area contributed by atoms with Crippen LogP contribution in [0.25, 0.3) is 0 Å². The first-order valence-corrected chi connectivity index (χ1v) is 7.83. The van der Waals surface area contributed by atoms with Crippen LogP contribution in [0, 0.1) is 0 Å². The molecule has 1 unspecified atom stereocenters. The predicted molar refractivity (Wildman–Crippen MR) is 75.6 cm³/mol. The summed E-state index contributed by atoms with van der Waals surface area (Å²) in [5.41, 5.74) is 2.56. The molecule has 1 aliphatic carbocycles. The van der Waals surface area contributed by atoms with Crippen LogP contribution in [0.2, 0.25) is 0 Å². The van der Waals surface area contributed by atoms with E-state index in [0.29, 0.717) is 5.92 Å². The molecule has 0 bridgehead atoms. The average Bonchev–Trinajstić information content (AvgIpc) is 2.28. The van der Waals surface area contributed by atoms with Crippen molar-refractivity contribution in [3.05, 3.63) is 35.4 Å². The molecule has 0 radical (unpaired) electrons. The van der Waals surface area contributed by atoms with Crippen LogP contribution in [-0.4, -0.2) is 16.6 Å². The highest BCUT2D eigenvalue weighted by atomic mass is 32.2. The predicted octanol–water partition coefficient (Wildman–Crippen LogP) is 4.13. The van der Waals surface area contributed by atoms with Crippen molar-refractivity contribution >= 4 is 11.8 Å². The molecule has 94 valence electrons. The minimum atomic E-state index is -0.289. The Bertz CT molecular complexity index is 347. The van der Waals surface area contributed by atoms with Gasteiger partial charge < -0.3 is 5.11 Å². The van der Waals surface area contributed by atoms with E-state index in [0.717, 1.165) is 11.5 Å². The molecule has 1 atom stereocenters. The van der Waals surface area contributed by atoms with Gasteiger partial charge in [-0.25, -0.2) is 0 Å². The first-order valence-electron chi connectivity index (χ1n) is 6.67. The van der Waals surface area contributed by atoms with Crippen LogP contribution < -0.4 is 0 Å². The summed E-state index contributed by atoms with van der Waals surface area (Å²) in [7, 11) is 0. The zero-order valence-corrected chi connectivity index (χ0v) is 11.4. The summed E-state index contributed by atoms with van der Waals surface area (Å²) in [6.07, 6.45) is 4.84. The number of hydrogen-bond acceptors (Lipinski definition) is 2. The van der Waals surface area contributed by atoms with Gasteiger partial charge in [-0.2, -0.15) is 11.8 Å². The van der Waals surface area contributed by atoms with Crippen LogP contribution in [0.4, 0.5) is 0 Å². The lowest BCUT2D eigenvalue weighted by molar-refractivity contribution is 0.201. The van der Waals surface area contributed by atoms with Crippen LogP contribution in [0.3, 0.4) is 0 Å². The topological polar surface area (TPSA) is 20.2 Å². The Labute approximate surface area is 109 Å². The Hall–Kier alpha value is -0.470. The first kappa shape index (κ1) is 13.0. The van der Waals surface area contributed by atoms with Crippen LogP contribution in [0.5, 0.6) is 0 Å². The molecule has 1 aromatic carbocycles. The van der Waals surface area contributed by atoms with Gasteiger partial charge in [-0.3, -0.25) is 0 Å². The van der Waals surface area contributed by atoms with Gasteiger partial charge in [-0.05, 0) is 42.1 Å².